The van der Waals surface area contributed by atoms with Crippen molar-refractivity contribution in [3.63, 3.8) is 0 Å². The average Bonchev–Trinajstić information content (AvgIpc) is 3.33. The van der Waals surface area contributed by atoms with Gasteiger partial charge in [0.1, 0.15) is 11.2 Å². The molecule has 8 heteroatoms. The van der Waals surface area contributed by atoms with Crippen molar-refractivity contribution in [3.8, 4) is 11.5 Å². The molecule has 1 atom stereocenters. The van der Waals surface area contributed by atoms with Crippen LogP contribution in [-0.4, -0.2) is 45.1 Å². The molecule has 1 saturated heterocycles. The Morgan fingerprint density at radius 1 is 1.17 bits per heavy atom. The number of hydrogen-bond acceptors (Lipinski definition) is 6. The average molecular weight is 412 g/mol. The fourth-order valence-corrected chi connectivity index (χ4v) is 4.33. The van der Waals surface area contributed by atoms with Crippen LogP contribution < -0.4 is 5.32 Å². The van der Waals surface area contributed by atoms with Crippen LogP contribution in [0, 0.1) is 5.41 Å². The molecule has 5 rings (SSSR count). The van der Waals surface area contributed by atoms with E-state index in [1.807, 2.05) is 36.1 Å². The Balaban J connectivity index is 1.30. The first-order valence-corrected chi connectivity index (χ1v) is 10.3. The van der Waals surface area contributed by atoms with Gasteiger partial charge in [-0.1, -0.05) is 41.0 Å². The normalized spacial score (nSPS) is 18.8. The van der Waals surface area contributed by atoms with Crippen molar-refractivity contribution in [2.45, 2.75) is 38.6 Å². The zero-order valence-corrected chi connectivity index (χ0v) is 16.9. The van der Waals surface area contributed by atoms with Gasteiger partial charge in [-0.05, 0) is 43.4 Å². The van der Waals surface area contributed by atoms with Gasteiger partial charge in [0.05, 0.1) is 5.56 Å². The van der Waals surface area contributed by atoms with Crippen LogP contribution in [0.2, 0.25) is 5.15 Å². The summed E-state index contributed by atoms with van der Waals surface area (Å²) >= 11 is 6.19. The number of pyridine rings is 1. The number of rotatable bonds is 4. The maximum Gasteiger partial charge on any atom is 0.316 e. The van der Waals surface area contributed by atoms with Gasteiger partial charge in [0, 0.05) is 24.7 Å². The number of piperidine rings is 1. The van der Waals surface area contributed by atoms with Crippen molar-refractivity contribution >= 4 is 34.3 Å². The standard InChI is InChI=1S/C21H22ClN5O2/c1-13(19(28)27-10-8-21(6-7-21)9-11-27)24-20-26-25-18(29-20)16-12-23-17(22)15-5-3-2-4-14(15)16/h2-5,12-13H,6-11H2,1H3,(H,24,26)/t13-/m1/s1. The first-order chi connectivity index (χ1) is 14.0. The van der Waals surface area contributed by atoms with Gasteiger partial charge in [0.2, 0.25) is 5.91 Å². The number of amides is 1. The minimum atomic E-state index is -0.434. The lowest BCUT2D eigenvalue weighted by molar-refractivity contribution is -0.133. The van der Waals surface area contributed by atoms with Crippen molar-refractivity contribution in [3.05, 3.63) is 35.6 Å². The maximum atomic E-state index is 12.8. The van der Waals surface area contributed by atoms with E-state index in [0.717, 1.165) is 36.7 Å². The molecule has 0 radical (unpaired) electrons. The molecule has 2 aromatic heterocycles. The smallest absolute Gasteiger partial charge is 0.316 e. The number of nitrogens with one attached hydrogen (secondary N) is 1. The number of fused-ring (bicyclic) bond motifs is 1. The summed E-state index contributed by atoms with van der Waals surface area (Å²) in [4.78, 5) is 18.9. The summed E-state index contributed by atoms with van der Waals surface area (Å²) in [7, 11) is 0. The third kappa shape index (κ3) is 3.44. The first kappa shape index (κ1) is 18.4. The number of likely N-dealkylation sites (tertiary alicyclic amines) is 1. The van der Waals surface area contributed by atoms with Crippen molar-refractivity contribution in [1.82, 2.24) is 20.1 Å². The molecule has 1 aromatic carbocycles. The minimum absolute atomic E-state index is 0.0684. The second kappa shape index (κ2) is 6.99. The van der Waals surface area contributed by atoms with E-state index in [0.29, 0.717) is 22.0 Å². The zero-order chi connectivity index (χ0) is 20.0. The Labute approximate surface area is 173 Å². The van der Waals surface area contributed by atoms with Crippen molar-refractivity contribution < 1.29 is 9.21 Å². The molecule has 150 valence electrons. The Bertz CT molecular complexity index is 1070. The third-order valence-electron chi connectivity index (χ3n) is 6.21. The summed E-state index contributed by atoms with van der Waals surface area (Å²) < 4.78 is 5.78. The molecule has 1 amide bonds. The largest absolute Gasteiger partial charge is 0.403 e. The number of aromatic nitrogens is 3. The lowest BCUT2D eigenvalue weighted by atomic mass is 9.93. The lowest BCUT2D eigenvalue weighted by Gasteiger charge is -2.33. The molecule has 7 nitrogen and oxygen atoms in total. The molecule has 1 aliphatic carbocycles. The summed E-state index contributed by atoms with van der Waals surface area (Å²) in [6.07, 6.45) is 6.50. The van der Waals surface area contributed by atoms with Gasteiger partial charge in [0.25, 0.3) is 5.89 Å². The molecule has 1 N–H and O–H groups in total. The van der Waals surface area contributed by atoms with Crippen LogP contribution in [-0.2, 0) is 4.79 Å². The summed E-state index contributed by atoms with van der Waals surface area (Å²) in [6.45, 7) is 3.50. The predicted molar refractivity (Wildman–Crippen MR) is 111 cm³/mol. The van der Waals surface area contributed by atoms with Crippen molar-refractivity contribution in [2.75, 3.05) is 18.4 Å². The number of carbonyl (C=O) groups excluding carboxylic acids is 1. The van der Waals surface area contributed by atoms with E-state index in [-0.39, 0.29) is 11.9 Å². The molecule has 1 aliphatic heterocycles. The summed E-state index contributed by atoms with van der Waals surface area (Å²) in [5.74, 6) is 0.403. The molecular weight excluding hydrogens is 390 g/mol. The zero-order valence-electron chi connectivity index (χ0n) is 16.2. The van der Waals surface area contributed by atoms with Gasteiger partial charge in [-0.15, -0.1) is 5.10 Å². The first-order valence-electron chi connectivity index (χ1n) is 9.97. The fourth-order valence-electron chi connectivity index (χ4n) is 4.12. The van der Waals surface area contributed by atoms with E-state index < -0.39 is 6.04 Å². The highest BCUT2D eigenvalue weighted by molar-refractivity contribution is 6.34. The highest BCUT2D eigenvalue weighted by atomic mass is 35.5. The topological polar surface area (TPSA) is 84.1 Å². The van der Waals surface area contributed by atoms with Crippen LogP contribution in [0.5, 0.6) is 0 Å². The van der Waals surface area contributed by atoms with Crippen LogP contribution in [0.25, 0.3) is 22.2 Å². The number of nitrogens with zero attached hydrogens (tertiary/aromatic N) is 4. The molecule has 0 unspecified atom stereocenters. The third-order valence-corrected chi connectivity index (χ3v) is 6.51. The highest BCUT2D eigenvalue weighted by Gasteiger charge is 2.45. The molecule has 3 aromatic rings. The maximum absolute atomic E-state index is 12.8. The number of hydrogen-bond donors (Lipinski definition) is 1. The second-order valence-electron chi connectivity index (χ2n) is 8.11. The van der Waals surface area contributed by atoms with E-state index in [1.165, 1.54) is 12.8 Å². The second-order valence-corrected chi connectivity index (χ2v) is 8.47. The predicted octanol–water partition coefficient (Wildman–Crippen LogP) is 4.14. The van der Waals surface area contributed by atoms with Crippen LogP contribution in [0.1, 0.15) is 32.6 Å². The number of halogens is 1. The molecule has 0 bridgehead atoms. The molecular formula is C21H22ClN5O2. The minimum Gasteiger partial charge on any atom is -0.403 e. The summed E-state index contributed by atoms with van der Waals surface area (Å²) in [6, 6.07) is 7.44. The highest BCUT2D eigenvalue weighted by Crippen LogP contribution is 2.53. The number of anilines is 1. The molecule has 1 saturated carbocycles. The van der Waals surface area contributed by atoms with Gasteiger partial charge < -0.3 is 14.6 Å². The van der Waals surface area contributed by atoms with E-state index in [1.54, 1.807) is 6.20 Å². The Morgan fingerprint density at radius 2 is 1.90 bits per heavy atom. The van der Waals surface area contributed by atoms with Crippen molar-refractivity contribution in [2.24, 2.45) is 5.41 Å². The Kier molecular flexibility index (Phi) is 4.42. The van der Waals surface area contributed by atoms with Gasteiger partial charge >= 0.3 is 6.01 Å². The SMILES string of the molecule is C[C@@H](Nc1nnc(-c2cnc(Cl)c3ccccc23)o1)C(=O)N1CCC2(CC1)CC2. The summed E-state index contributed by atoms with van der Waals surface area (Å²) in [5.41, 5.74) is 1.25. The molecule has 2 fully saturated rings. The van der Waals surface area contributed by atoms with Crippen LogP contribution in [0.3, 0.4) is 0 Å². The van der Waals surface area contributed by atoms with E-state index >= 15 is 0 Å². The molecule has 3 heterocycles. The van der Waals surface area contributed by atoms with Crippen LogP contribution >= 0.6 is 11.6 Å². The van der Waals surface area contributed by atoms with Gasteiger partial charge in [-0.2, -0.15) is 0 Å². The quantitative estimate of drug-likeness (QED) is 0.649. The van der Waals surface area contributed by atoms with Gasteiger partial charge in [0.15, 0.2) is 0 Å². The molecule has 1 spiro atoms. The van der Waals surface area contributed by atoms with Crippen LogP contribution in [0.4, 0.5) is 6.01 Å². The molecule has 29 heavy (non-hydrogen) atoms. The van der Waals surface area contributed by atoms with Gasteiger partial charge in [-0.3, -0.25) is 4.79 Å². The van der Waals surface area contributed by atoms with Crippen LogP contribution in [0.15, 0.2) is 34.9 Å². The monoisotopic (exact) mass is 411 g/mol. The van der Waals surface area contributed by atoms with E-state index in [9.17, 15) is 4.79 Å². The van der Waals surface area contributed by atoms with E-state index in [4.69, 9.17) is 16.0 Å². The Morgan fingerprint density at radius 3 is 2.62 bits per heavy atom. The van der Waals surface area contributed by atoms with E-state index in [2.05, 4.69) is 20.5 Å². The van der Waals surface area contributed by atoms with Gasteiger partial charge in [-0.25, -0.2) is 4.98 Å². The Hall–Kier alpha value is -2.67. The molecule has 2 aliphatic rings. The number of benzene rings is 1. The van der Waals surface area contributed by atoms with Crippen molar-refractivity contribution in [1.29, 1.82) is 0 Å². The fraction of sp³-hybridized carbons (Fsp3) is 0.429. The number of carbonyl (C=O) groups is 1. The lowest BCUT2D eigenvalue weighted by Crippen LogP contribution is -2.45. The summed E-state index contributed by atoms with van der Waals surface area (Å²) in [5, 5.41) is 13.4.